The fraction of sp³-hybridized carbons (Fsp3) is 0.238. The monoisotopic (exact) mass is 477 g/mol. The van der Waals surface area contributed by atoms with Crippen LogP contribution in [0.25, 0.3) is 0 Å². The predicted molar refractivity (Wildman–Crippen MR) is 122 cm³/mol. The Morgan fingerprint density at radius 2 is 1.84 bits per heavy atom. The molecule has 0 fully saturated rings. The fourth-order valence-electron chi connectivity index (χ4n) is 2.79. The van der Waals surface area contributed by atoms with Crippen LogP contribution in [0.1, 0.15) is 34.7 Å². The van der Waals surface area contributed by atoms with E-state index < -0.39 is 6.04 Å². The molecule has 1 heterocycles. The number of thioether (sulfide) groups is 1. The zero-order valence-corrected chi connectivity index (χ0v) is 19.3. The van der Waals surface area contributed by atoms with Crippen LogP contribution < -0.4 is 10.6 Å². The number of carbonyl (C=O) groups excluding carboxylic acids is 2. The zero-order valence-electron chi connectivity index (χ0n) is 16.9. The number of halogens is 2. The molecule has 0 bridgehead atoms. The van der Waals surface area contributed by atoms with Crippen molar-refractivity contribution in [3.63, 3.8) is 0 Å². The standard InChI is InChI=1S/C21H21Cl2N5O2S/c1-13(25-20(30)15-8-9-16(22)17(23)10-15)19-26-27-21(28(19)2)31-12-18(29)24-11-14-6-4-3-5-7-14/h3-10,13H,11-12H2,1-2H3,(H,24,29)(H,25,30)/t13-/m1/s1. The van der Waals surface area contributed by atoms with Gasteiger partial charge in [-0.05, 0) is 30.7 Å². The SMILES string of the molecule is C[C@@H](NC(=O)c1ccc(Cl)c(Cl)c1)c1nnc(SCC(=O)NCc2ccccc2)n1C. The molecule has 0 aliphatic rings. The first-order valence-electron chi connectivity index (χ1n) is 9.43. The first-order valence-corrected chi connectivity index (χ1v) is 11.2. The summed E-state index contributed by atoms with van der Waals surface area (Å²) in [5, 5.41) is 15.3. The molecule has 31 heavy (non-hydrogen) atoms. The average Bonchev–Trinajstić information content (AvgIpc) is 3.13. The lowest BCUT2D eigenvalue weighted by Gasteiger charge is -2.14. The zero-order chi connectivity index (χ0) is 22.4. The van der Waals surface area contributed by atoms with E-state index in [1.54, 1.807) is 30.7 Å². The molecule has 0 unspecified atom stereocenters. The van der Waals surface area contributed by atoms with Gasteiger partial charge < -0.3 is 15.2 Å². The molecule has 0 aliphatic carbocycles. The molecule has 1 atom stereocenters. The fourth-order valence-corrected chi connectivity index (χ4v) is 3.83. The molecule has 2 aromatic carbocycles. The topological polar surface area (TPSA) is 88.9 Å². The molecular formula is C21H21Cl2N5O2S. The van der Waals surface area contributed by atoms with Crippen LogP contribution in [0.3, 0.4) is 0 Å². The van der Waals surface area contributed by atoms with Crippen molar-refractivity contribution >= 4 is 46.8 Å². The number of carbonyl (C=O) groups is 2. The molecule has 10 heteroatoms. The second-order valence-electron chi connectivity index (χ2n) is 6.77. The van der Waals surface area contributed by atoms with Gasteiger partial charge in [0.15, 0.2) is 11.0 Å². The molecule has 2 amide bonds. The Balaban J connectivity index is 1.54. The van der Waals surface area contributed by atoms with Gasteiger partial charge in [0, 0.05) is 19.2 Å². The number of hydrogen-bond acceptors (Lipinski definition) is 5. The molecule has 1 aromatic heterocycles. The predicted octanol–water partition coefficient (Wildman–Crippen LogP) is 4.02. The van der Waals surface area contributed by atoms with E-state index >= 15 is 0 Å². The van der Waals surface area contributed by atoms with Crippen molar-refractivity contribution in [2.75, 3.05) is 5.75 Å². The van der Waals surface area contributed by atoms with Crippen molar-refractivity contribution < 1.29 is 9.59 Å². The summed E-state index contributed by atoms with van der Waals surface area (Å²) in [6.45, 7) is 2.28. The third-order valence-corrected chi connectivity index (χ3v) is 6.21. The van der Waals surface area contributed by atoms with Crippen LogP contribution in [-0.4, -0.2) is 32.3 Å². The Kier molecular flexibility index (Phi) is 7.95. The number of benzene rings is 2. The minimum absolute atomic E-state index is 0.0978. The van der Waals surface area contributed by atoms with Crippen LogP contribution in [0.15, 0.2) is 53.7 Å². The van der Waals surface area contributed by atoms with Crippen LogP contribution in [0.2, 0.25) is 10.0 Å². The summed E-state index contributed by atoms with van der Waals surface area (Å²) in [7, 11) is 1.79. The minimum atomic E-state index is -0.402. The number of nitrogens with zero attached hydrogens (tertiary/aromatic N) is 3. The highest BCUT2D eigenvalue weighted by Gasteiger charge is 2.19. The van der Waals surface area contributed by atoms with E-state index in [2.05, 4.69) is 20.8 Å². The third-order valence-electron chi connectivity index (χ3n) is 4.45. The Morgan fingerprint density at radius 1 is 1.10 bits per heavy atom. The summed E-state index contributed by atoms with van der Waals surface area (Å²) >= 11 is 13.2. The van der Waals surface area contributed by atoms with Gasteiger partial charge in [-0.25, -0.2) is 0 Å². The maximum Gasteiger partial charge on any atom is 0.251 e. The summed E-state index contributed by atoms with van der Waals surface area (Å²) in [6, 6.07) is 14.0. The maximum atomic E-state index is 12.5. The second-order valence-corrected chi connectivity index (χ2v) is 8.53. The smallest absolute Gasteiger partial charge is 0.251 e. The lowest BCUT2D eigenvalue weighted by atomic mass is 10.2. The highest BCUT2D eigenvalue weighted by atomic mass is 35.5. The first kappa shape index (κ1) is 23.1. The van der Waals surface area contributed by atoms with Crippen molar-refractivity contribution in [3.8, 4) is 0 Å². The number of amides is 2. The van der Waals surface area contributed by atoms with Crippen LogP contribution in [0.4, 0.5) is 0 Å². The summed E-state index contributed by atoms with van der Waals surface area (Å²) in [5.41, 5.74) is 1.43. The average molecular weight is 478 g/mol. The Morgan fingerprint density at radius 3 is 2.55 bits per heavy atom. The molecular weight excluding hydrogens is 457 g/mol. The number of nitrogens with one attached hydrogen (secondary N) is 2. The Hall–Kier alpha value is -2.55. The van der Waals surface area contributed by atoms with Gasteiger partial charge in [0.1, 0.15) is 0 Å². The largest absolute Gasteiger partial charge is 0.351 e. The van der Waals surface area contributed by atoms with Gasteiger partial charge >= 0.3 is 0 Å². The summed E-state index contributed by atoms with van der Waals surface area (Å²) in [5.74, 6) is 0.381. The highest BCUT2D eigenvalue weighted by Crippen LogP contribution is 2.23. The van der Waals surface area contributed by atoms with E-state index in [9.17, 15) is 9.59 Å². The summed E-state index contributed by atoms with van der Waals surface area (Å²) in [6.07, 6.45) is 0. The van der Waals surface area contributed by atoms with Gasteiger partial charge in [0.2, 0.25) is 5.91 Å². The van der Waals surface area contributed by atoms with Crippen molar-refractivity contribution in [2.45, 2.75) is 24.7 Å². The van der Waals surface area contributed by atoms with E-state index in [4.69, 9.17) is 23.2 Å². The number of rotatable bonds is 8. The van der Waals surface area contributed by atoms with Crippen LogP contribution in [0.5, 0.6) is 0 Å². The number of aromatic nitrogens is 3. The molecule has 162 valence electrons. The van der Waals surface area contributed by atoms with Crippen LogP contribution >= 0.6 is 35.0 Å². The van der Waals surface area contributed by atoms with Gasteiger partial charge in [0.05, 0.1) is 21.8 Å². The van der Waals surface area contributed by atoms with Gasteiger partial charge in [-0.1, -0.05) is 65.3 Å². The van der Waals surface area contributed by atoms with Crippen molar-refractivity contribution in [3.05, 3.63) is 75.5 Å². The molecule has 7 nitrogen and oxygen atoms in total. The van der Waals surface area contributed by atoms with Gasteiger partial charge in [-0.2, -0.15) is 0 Å². The summed E-state index contributed by atoms with van der Waals surface area (Å²) < 4.78 is 1.76. The van der Waals surface area contributed by atoms with Gasteiger partial charge in [-0.15, -0.1) is 10.2 Å². The molecule has 0 saturated carbocycles. The van der Waals surface area contributed by atoms with E-state index in [0.29, 0.717) is 33.1 Å². The Bertz CT molecular complexity index is 1070. The van der Waals surface area contributed by atoms with Crippen molar-refractivity contribution in [2.24, 2.45) is 7.05 Å². The van der Waals surface area contributed by atoms with Gasteiger partial charge in [-0.3, -0.25) is 9.59 Å². The minimum Gasteiger partial charge on any atom is -0.351 e. The normalized spacial score (nSPS) is 11.7. The number of hydrogen-bond donors (Lipinski definition) is 2. The third kappa shape index (κ3) is 6.22. The van der Waals surface area contributed by atoms with Crippen molar-refractivity contribution in [1.82, 2.24) is 25.4 Å². The van der Waals surface area contributed by atoms with Crippen LogP contribution in [-0.2, 0) is 18.4 Å². The van der Waals surface area contributed by atoms with Crippen molar-refractivity contribution in [1.29, 1.82) is 0 Å². The van der Waals surface area contributed by atoms with Gasteiger partial charge in [0.25, 0.3) is 5.91 Å². The molecule has 0 spiro atoms. The molecule has 3 rings (SSSR count). The highest BCUT2D eigenvalue weighted by molar-refractivity contribution is 7.99. The molecule has 2 N–H and O–H groups in total. The lowest BCUT2D eigenvalue weighted by Crippen LogP contribution is -2.28. The molecule has 0 aliphatic heterocycles. The van der Waals surface area contributed by atoms with E-state index in [1.807, 2.05) is 30.3 Å². The first-order chi connectivity index (χ1) is 14.8. The Labute approximate surface area is 194 Å². The van der Waals surface area contributed by atoms with Crippen LogP contribution in [0, 0.1) is 0 Å². The molecule has 0 saturated heterocycles. The second kappa shape index (κ2) is 10.7. The van der Waals surface area contributed by atoms with E-state index in [-0.39, 0.29) is 17.6 Å². The maximum absolute atomic E-state index is 12.5. The lowest BCUT2D eigenvalue weighted by molar-refractivity contribution is -0.118. The van der Waals surface area contributed by atoms with E-state index in [0.717, 1.165) is 5.56 Å². The molecule has 3 aromatic rings. The quantitative estimate of drug-likeness (QED) is 0.478. The van der Waals surface area contributed by atoms with E-state index in [1.165, 1.54) is 17.8 Å². The molecule has 0 radical (unpaired) electrons. The summed E-state index contributed by atoms with van der Waals surface area (Å²) in [4.78, 5) is 24.6.